The minimum absolute atomic E-state index is 0.169. The lowest BCUT2D eigenvalue weighted by Crippen LogP contribution is -2.13. The first-order valence-corrected chi connectivity index (χ1v) is 4.59. The van der Waals surface area contributed by atoms with Crippen LogP contribution in [0.1, 0.15) is 6.92 Å². The highest BCUT2D eigenvalue weighted by Crippen LogP contribution is 2.07. The van der Waals surface area contributed by atoms with Crippen molar-refractivity contribution >= 4 is 21.6 Å². The molecule has 1 aromatic heterocycles. The molecule has 0 bridgehead atoms. The number of hydrogen-bond donors (Lipinski definition) is 1. The number of nitrogens with zero attached hydrogens (tertiary/aromatic N) is 1. The Hall–Kier alpha value is -1.03. The van der Waals surface area contributed by atoms with Crippen molar-refractivity contribution in [1.29, 1.82) is 0 Å². The first-order chi connectivity index (χ1) is 6.00. The Kier molecular flexibility index (Phi) is 2.93. The number of hydrogen-bond acceptors (Lipinski definition) is 2. The summed E-state index contributed by atoms with van der Waals surface area (Å²) in [5.41, 5.74) is 6.59. The van der Waals surface area contributed by atoms with Gasteiger partial charge in [-0.25, -0.2) is 0 Å². The monoisotopic (exact) mass is 242 g/mol. The highest BCUT2D eigenvalue weighted by molar-refractivity contribution is 9.10. The van der Waals surface area contributed by atoms with E-state index in [1.165, 1.54) is 0 Å². The van der Waals surface area contributed by atoms with Gasteiger partial charge in [0.1, 0.15) is 0 Å². The van der Waals surface area contributed by atoms with E-state index in [0.717, 1.165) is 5.57 Å². The Bertz CT molecular complexity index is 369. The number of nitrogens with two attached hydrogens (primary N) is 1. The molecule has 0 unspecified atom stereocenters. The van der Waals surface area contributed by atoms with Crippen molar-refractivity contribution in [2.45, 2.75) is 13.5 Å². The summed E-state index contributed by atoms with van der Waals surface area (Å²) in [6, 6.07) is 0. The highest BCUT2D eigenvalue weighted by Gasteiger charge is 2.01. The van der Waals surface area contributed by atoms with Gasteiger partial charge >= 0.3 is 0 Å². The van der Waals surface area contributed by atoms with Gasteiger partial charge in [-0.1, -0.05) is 12.2 Å². The standard InChI is InChI=1S/C9H11BrN2O/c1-6(2)3-12-4-7(10)9(13)8(11)5-12/h4-5H,1,3,11H2,2H3. The van der Waals surface area contributed by atoms with Crippen LogP contribution >= 0.6 is 15.9 Å². The molecule has 0 saturated heterocycles. The van der Waals surface area contributed by atoms with Crippen LogP contribution in [0, 0.1) is 0 Å². The van der Waals surface area contributed by atoms with Crippen LogP contribution in [0.25, 0.3) is 0 Å². The second-order valence-corrected chi connectivity index (χ2v) is 3.87. The second-order valence-electron chi connectivity index (χ2n) is 3.02. The Morgan fingerprint density at radius 2 is 2.31 bits per heavy atom. The molecular weight excluding hydrogens is 232 g/mol. The minimum atomic E-state index is -0.169. The summed E-state index contributed by atoms with van der Waals surface area (Å²) in [5, 5.41) is 0. The maximum Gasteiger partial charge on any atom is 0.218 e. The normalized spacial score (nSPS) is 10.0. The van der Waals surface area contributed by atoms with Gasteiger partial charge in [0.25, 0.3) is 0 Å². The molecule has 0 aromatic carbocycles. The summed E-state index contributed by atoms with van der Waals surface area (Å²) in [5.74, 6) is 0. The number of halogens is 1. The Balaban J connectivity index is 3.13. The van der Waals surface area contributed by atoms with E-state index in [1.807, 2.05) is 11.5 Å². The molecule has 1 heterocycles. The third-order valence-electron chi connectivity index (χ3n) is 1.52. The molecule has 1 rings (SSSR count). The number of rotatable bonds is 2. The molecule has 0 spiro atoms. The maximum atomic E-state index is 11.2. The fourth-order valence-corrected chi connectivity index (χ4v) is 1.51. The van der Waals surface area contributed by atoms with Crippen LogP contribution in [-0.2, 0) is 6.54 Å². The second kappa shape index (κ2) is 3.79. The summed E-state index contributed by atoms with van der Waals surface area (Å²) >= 11 is 3.14. The van der Waals surface area contributed by atoms with Gasteiger partial charge < -0.3 is 10.3 Å². The van der Waals surface area contributed by atoms with Crippen LogP contribution in [0.15, 0.2) is 33.8 Å². The lowest BCUT2D eigenvalue weighted by molar-refractivity contribution is 0.775. The van der Waals surface area contributed by atoms with Gasteiger partial charge in [-0.05, 0) is 22.9 Å². The van der Waals surface area contributed by atoms with Gasteiger partial charge in [0, 0.05) is 18.9 Å². The molecule has 0 radical (unpaired) electrons. The Morgan fingerprint density at radius 1 is 1.69 bits per heavy atom. The zero-order valence-corrected chi connectivity index (χ0v) is 8.97. The number of pyridine rings is 1. The van der Waals surface area contributed by atoms with Crippen LogP contribution < -0.4 is 11.2 Å². The Morgan fingerprint density at radius 3 is 2.77 bits per heavy atom. The minimum Gasteiger partial charge on any atom is -0.394 e. The molecule has 3 nitrogen and oxygen atoms in total. The average Bonchev–Trinajstić information content (AvgIpc) is 1.98. The van der Waals surface area contributed by atoms with E-state index in [4.69, 9.17) is 5.73 Å². The van der Waals surface area contributed by atoms with E-state index in [-0.39, 0.29) is 11.1 Å². The fraction of sp³-hybridized carbons (Fsp3) is 0.222. The third kappa shape index (κ3) is 2.45. The predicted molar refractivity (Wildman–Crippen MR) is 57.6 cm³/mol. The number of anilines is 1. The first kappa shape index (κ1) is 10.1. The van der Waals surface area contributed by atoms with Crippen LogP contribution in [-0.4, -0.2) is 4.57 Å². The topological polar surface area (TPSA) is 48.0 Å². The zero-order valence-electron chi connectivity index (χ0n) is 7.38. The molecule has 0 amide bonds. The molecule has 0 atom stereocenters. The van der Waals surface area contributed by atoms with Gasteiger partial charge in [-0.3, -0.25) is 4.79 Å². The van der Waals surface area contributed by atoms with Gasteiger partial charge in [-0.2, -0.15) is 0 Å². The van der Waals surface area contributed by atoms with Crippen LogP contribution in [0.4, 0.5) is 5.69 Å². The van der Waals surface area contributed by atoms with Crippen LogP contribution in [0.5, 0.6) is 0 Å². The van der Waals surface area contributed by atoms with Crippen molar-refractivity contribution in [1.82, 2.24) is 4.57 Å². The molecule has 70 valence electrons. The van der Waals surface area contributed by atoms with Crippen LogP contribution in [0.3, 0.4) is 0 Å². The summed E-state index contributed by atoms with van der Waals surface area (Å²) in [6.07, 6.45) is 3.31. The van der Waals surface area contributed by atoms with Gasteiger partial charge in [-0.15, -0.1) is 0 Å². The van der Waals surface area contributed by atoms with E-state index in [9.17, 15) is 4.79 Å². The van der Waals surface area contributed by atoms with E-state index in [0.29, 0.717) is 11.0 Å². The summed E-state index contributed by atoms with van der Waals surface area (Å²) < 4.78 is 2.30. The van der Waals surface area contributed by atoms with E-state index in [2.05, 4.69) is 22.5 Å². The fourth-order valence-electron chi connectivity index (χ4n) is 1.02. The van der Waals surface area contributed by atoms with Crippen molar-refractivity contribution in [2.24, 2.45) is 0 Å². The molecule has 0 aliphatic rings. The van der Waals surface area contributed by atoms with Gasteiger partial charge in [0.2, 0.25) is 5.43 Å². The molecule has 2 N–H and O–H groups in total. The third-order valence-corrected chi connectivity index (χ3v) is 2.08. The lowest BCUT2D eigenvalue weighted by Gasteiger charge is -2.07. The van der Waals surface area contributed by atoms with Crippen molar-refractivity contribution in [3.8, 4) is 0 Å². The molecule has 4 heteroatoms. The molecular formula is C9H11BrN2O. The highest BCUT2D eigenvalue weighted by atomic mass is 79.9. The van der Waals surface area contributed by atoms with E-state index in [1.54, 1.807) is 12.4 Å². The molecule has 0 aliphatic carbocycles. The van der Waals surface area contributed by atoms with Gasteiger partial charge in [0.05, 0.1) is 10.2 Å². The molecule has 0 aliphatic heterocycles. The largest absolute Gasteiger partial charge is 0.394 e. The molecule has 13 heavy (non-hydrogen) atoms. The van der Waals surface area contributed by atoms with Crippen LogP contribution in [0.2, 0.25) is 0 Å². The molecule has 0 fully saturated rings. The first-order valence-electron chi connectivity index (χ1n) is 3.80. The number of allylic oxidation sites excluding steroid dienone is 1. The van der Waals surface area contributed by atoms with Crippen molar-refractivity contribution < 1.29 is 0 Å². The lowest BCUT2D eigenvalue weighted by atomic mass is 10.3. The molecule has 0 saturated carbocycles. The van der Waals surface area contributed by atoms with Crippen molar-refractivity contribution in [3.05, 3.63) is 39.2 Å². The van der Waals surface area contributed by atoms with Crippen molar-refractivity contribution in [2.75, 3.05) is 5.73 Å². The van der Waals surface area contributed by atoms with Gasteiger partial charge in [0.15, 0.2) is 0 Å². The Labute approximate surface area is 85.0 Å². The summed E-state index contributed by atoms with van der Waals surface area (Å²) in [7, 11) is 0. The molecule has 1 aromatic rings. The predicted octanol–water partition coefficient (Wildman–Crippen LogP) is 1.77. The SMILES string of the molecule is C=C(C)Cn1cc(N)c(=O)c(Br)c1. The zero-order chi connectivity index (χ0) is 10.0. The maximum absolute atomic E-state index is 11.2. The van der Waals surface area contributed by atoms with E-state index < -0.39 is 0 Å². The number of aromatic nitrogens is 1. The number of nitrogen functional groups attached to an aromatic ring is 1. The van der Waals surface area contributed by atoms with Crippen molar-refractivity contribution in [3.63, 3.8) is 0 Å². The smallest absolute Gasteiger partial charge is 0.218 e. The van der Waals surface area contributed by atoms with E-state index >= 15 is 0 Å². The average molecular weight is 243 g/mol. The summed E-state index contributed by atoms with van der Waals surface area (Å²) in [6.45, 7) is 6.37. The summed E-state index contributed by atoms with van der Waals surface area (Å²) in [4.78, 5) is 11.2. The quantitative estimate of drug-likeness (QED) is 0.804.